The number of rotatable bonds is 10. The molecule has 0 bridgehead atoms. The van der Waals surface area contributed by atoms with E-state index in [4.69, 9.17) is 5.11 Å². The van der Waals surface area contributed by atoms with Gasteiger partial charge in [0, 0.05) is 24.0 Å². The first kappa shape index (κ1) is 19.7. The summed E-state index contributed by atoms with van der Waals surface area (Å²) in [7, 11) is 0. The van der Waals surface area contributed by atoms with Gasteiger partial charge in [0.1, 0.15) is 0 Å². The zero-order valence-electron chi connectivity index (χ0n) is 14.5. The van der Waals surface area contributed by atoms with Gasteiger partial charge in [-0.1, -0.05) is 20.8 Å². The van der Waals surface area contributed by atoms with E-state index in [2.05, 4.69) is 10.6 Å². The molecule has 4 N–H and O–H groups in total. The van der Waals surface area contributed by atoms with E-state index in [1.807, 2.05) is 25.7 Å². The predicted molar refractivity (Wildman–Crippen MR) is 88.3 cm³/mol. The Balaban J connectivity index is 2.31. The van der Waals surface area contributed by atoms with Crippen LogP contribution in [0.25, 0.3) is 0 Å². The Bertz CT molecular complexity index is 385. The Morgan fingerprint density at radius 3 is 2.26 bits per heavy atom. The van der Waals surface area contributed by atoms with Gasteiger partial charge in [-0.05, 0) is 32.2 Å². The van der Waals surface area contributed by atoms with Crippen LogP contribution in [0.3, 0.4) is 0 Å². The molecule has 7 heteroatoms. The monoisotopic (exact) mass is 329 g/mol. The van der Waals surface area contributed by atoms with Gasteiger partial charge in [0.05, 0.1) is 13.2 Å². The van der Waals surface area contributed by atoms with Crippen LogP contribution in [0.4, 0.5) is 4.79 Å². The number of aliphatic carboxylic acids is 1. The molecule has 0 heterocycles. The van der Waals surface area contributed by atoms with E-state index in [1.165, 1.54) is 0 Å². The van der Waals surface area contributed by atoms with Gasteiger partial charge >= 0.3 is 12.0 Å². The van der Waals surface area contributed by atoms with Crippen LogP contribution in [-0.4, -0.2) is 65.4 Å². The lowest BCUT2D eigenvalue weighted by molar-refractivity contribution is -0.139. The summed E-state index contributed by atoms with van der Waals surface area (Å²) in [5.74, 6) is -0.819. The summed E-state index contributed by atoms with van der Waals surface area (Å²) < 4.78 is 0. The molecule has 1 saturated carbocycles. The first-order valence-corrected chi connectivity index (χ1v) is 8.50. The summed E-state index contributed by atoms with van der Waals surface area (Å²) in [4.78, 5) is 24.7. The molecular formula is C16H31N3O4. The van der Waals surface area contributed by atoms with Crippen LogP contribution < -0.4 is 10.6 Å². The van der Waals surface area contributed by atoms with Crippen LogP contribution in [0, 0.1) is 5.41 Å². The Kier molecular flexibility index (Phi) is 7.78. The maximum absolute atomic E-state index is 12.0. The number of likely N-dealkylation sites (N-methyl/N-ethyl adjacent to an activating group) is 1. The molecule has 1 rings (SSSR count). The molecule has 0 atom stereocenters. The minimum absolute atomic E-state index is 0.0477. The van der Waals surface area contributed by atoms with Crippen LogP contribution >= 0.6 is 0 Å². The topological polar surface area (TPSA) is 102 Å². The average Bonchev–Trinajstić information content (AvgIpc) is 2.50. The van der Waals surface area contributed by atoms with E-state index >= 15 is 0 Å². The zero-order valence-corrected chi connectivity index (χ0v) is 14.5. The fourth-order valence-electron chi connectivity index (χ4n) is 2.96. The molecule has 7 nitrogen and oxygen atoms in total. The van der Waals surface area contributed by atoms with Crippen molar-refractivity contribution < 1.29 is 19.8 Å². The lowest BCUT2D eigenvalue weighted by atomic mass is 9.83. The number of carboxylic acids is 1. The van der Waals surface area contributed by atoms with Crippen molar-refractivity contribution in [3.05, 3.63) is 0 Å². The first-order chi connectivity index (χ1) is 10.9. The molecule has 0 aliphatic heterocycles. The molecule has 2 amide bonds. The van der Waals surface area contributed by atoms with Crippen molar-refractivity contribution in [2.24, 2.45) is 5.41 Å². The number of carbonyl (C=O) groups is 2. The average molecular weight is 329 g/mol. The van der Waals surface area contributed by atoms with Crippen molar-refractivity contribution in [3.63, 3.8) is 0 Å². The fraction of sp³-hybridized carbons (Fsp3) is 0.875. The Hall–Kier alpha value is -1.34. The van der Waals surface area contributed by atoms with Crippen molar-refractivity contribution in [3.8, 4) is 0 Å². The molecule has 1 aliphatic carbocycles. The number of carbonyl (C=O) groups excluding carboxylic acids is 1. The molecule has 0 aromatic heterocycles. The highest BCUT2D eigenvalue weighted by Crippen LogP contribution is 2.26. The number of urea groups is 1. The van der Waals surface area contributed by atoms with Crippen molar-refractivity contribution in [1.29, 1.82) is 0 Å². The lowest BCUT2D eigenvalue weighted by Gasteiger charge is -2.42. The molecule has 0 aromatic rings. The van der Waals surface area contributed by atoms with Crippen LogP contribution in [0.2, 0.25) is 0 Å². The number of hydrogen-bond acceptors (Lipinski definition) is 4. The molecule has 0 radical (unpaired) electrons. The van der Waals surface area contributed by atoms with Gasteiger partial charge in [-0.15, -0.1) is 0 Å². The van der Waals surface area contributed by atoms with E-state index in [9.17, 15) is 14.7 Å². The van der Waals surface area contributed by atoms with Crippen LogP contribution in [0.1, 0.15) is 46.5 Å². The second-order valence-corrected chi connectivity index (χ2v) is 6.47. The number of hydrogen-bond donors (Lipinski definition) is 4. The summed E-state index contributed by atoms with van der Waals surface area (Å²) in [6.07, 6.45) is 3.18. The summed E-state index contributed by atoms with van der Waals surface area (Å²) in [6.45, 7) is 7.23. The highest BCUT2D eigenvalue weighted by atomic mass is 16.4. The van der Waals surface area contributed by atoms with Crippen molar-refractivity contribution >= 4 is 12.0 Å². The smallest absolute Gasteiger partial charge is 0.317 e. The standard InChI is InChI=1S/C16H31N3O4/c1-4-16(5-2,11-20)10-17-15(23)18-12-7-13(8-12)19(6-3)9-14(21)22/h12-13,20H,4-11H2,1-3H3,(H,21,22)(H2,17,18,23). The van der Waals surface area contributed by atoms with Crippen molar-refractivity contribution in [2.45, 2.75) is 58.5 Å². The van der Waals surface area contributed by atoms with Gasteiger partial charge in [0.2, 0.25) is 0 Å². The second kappa shape index (κ2) is 9.08. The largest absolute Gasteiger partial charge is 0.480 e. The highest BCUT2D eigenvalue weighted by Gasteiger charge is 2.35. The Morgan fingerprint density at radius 2 is 1.83 bits per heavy atom. The lowest BCUT2D eigenvalue weighted by Crippen LogP contribution is -2.57. The summed E-state index contributed by atoms with van der Waals surface area (Å²) in [6, 6.07) is 0.105. The van der Waals surface area contributed by atoms with Crippen LogP contribution in [0.15, 0.2) is 0 Å². The third kappa shape index (κ3) is 5.66. The zero-order chi connectivity index (χ0) is 17.5. The molecule has 0 aromatic carbocycles. The number of nitrogens with zero attached hydrogens (tertiary/aromatic N) is 1. The predicted octanol–water partition coefficient (Wildman–Crippen LogP) is 1.02. The highest BCUT2D eigenvalue weighted by molar-refractivity contribution is 5.74. The van der Waals surface area contributed by atoms with E-state index < -0.39 is 5.97 Å². The normalized spacial score (nSPS) is 20.9. The quantitative estimate of drug-likeness (QED) is 0.479. The molecule has 0 saturated heterocycles. The molecule has 134 valence electrons. The van der Waals surface area contributed by atoms with Crippen molar-refractivity contribution in [2.75, 3.05) is 26.2 Å². The third-order valence-electron chi connectivity index (χ3n) is 5.17. The summed E-state index contributed by atoms with van der Waals surface area (Å²) >= 11 is 0. The van der Waals surface area contributed by atoms with Crippen LogP contribution in [-0.2, 0) is 4.79 Å². The Morgan fingerprint density at radius 1 is 1.22 bits per heavy atom. The van der Waals surface area contributed by atoms with E-state index in [1.54, 1.807) is 0 Å². The van der Waals surface area contributed by atoms with E-state index in [-0.39, 0.29) is 36.7 Å². The first-order valence-electron chi connectivity index (χ1n) is 8.50. The minimum Gasteiger partial charge on any atom is -0.480 e. The number of nitrogens with one attached hydrogen (secondary N) is 2. The van der Waals surface area contributed by atoms with Gasteiger partial charge in [0.15, 0.2) is 0 Å². The van der Waals surface area contributed by atoms with Gasteiger partial charge in [-0.2, -0.15) is 0 Å². The minimum atomic E-state index is -0.819. The Labute approximate surface area is 138 Å². The molecule has 23 heavy (non-hydrogen) atoms. The van der Waals surface area contributed by atoms with Crippen molar-refractivity contribution in [1.82, 2.24) is 15.5 Å². The summed E-state index contributed by atoms with van der Waals surface area (Å²) in [5.41, 5.74) is -0.250. The number of carboxylic acid groups (broad SMARTS) is 1. The third-order valence-corrected chi connectivity index (χ3v) is 5.17. The van der Waals surface area contributed by atoms with Crippen LogP contribution in [0.5, 0.6) is 0 Å². The van der Waals surface area contributed by atoms with Gasteiger partial charge < -0.3 is 20.8 Å². The SMILES string of the molecule is CCN(CC(=O)O)C1CC(NC(=O)NCC(CC)(CC)CO)C1. The maximum atomic E-state index is 12.0. The molecule has 0 spiro atoms. The number of aliphatic hydroxyl groups is 1. The molecule has 1 aliphatic rings. The maximum Gasteiger partial charge on any atom is 0.317 e. The van der Waals surface area contributed by atoms with Gasteiger partial charge in [0.25, 0.3) is 0 Å². The fourth-order valence-corrected chi connectivity index (χ4v) is 2.96. The number of amides is 2. The molecule has 0 unspecified atom stereocenters. The van der Waals surface area contributed by atoms with Gasteiger partial charge in [-0.3, -0.25) is 9.69 Å². The molecule has 1 fully saturated rings. The van der Waals surface area contributed by atoms with E-state index in [0.717, 1.165) is 25.7 Å². The van der Waals surface area contributed by atoms with Gasteiger partial charge in [-0.25, -0.2) is 4.79 Å². The second-order valence-electron chi connectivity index (χ2n) is 6.47. The summed E-state index contributed by atoms with van der Waals surface area (Å²) in [5, 5.41) is 24.1. The molecular weight excluding hydrogens is 298 g/mol. The van der Waals surface area contributed by atoms with E-state index in [0.29, 0.717) is 13.1 Å². The number of aliphatic hydroxyl groups excluding tert-OH is 1.